The van der Waals surface area contributed by atoms with Gasteiger partial charge < -0.3 is 14.2 Å². The second kappa shape index (κ2) is 5.98. The number of aromatic nitrogens is 2. The molecule has 0 radical (unpaired) electrons. The van der Waals surface area contributed by atoms with Crippen LogP contribution in [0.5, 0.6) is 5.75 Å². The number of fused-ring (bicyclic) bond motifs is 1. The molecule has 0 bridgehead atoms. The molecule has 0 N–H and O–H groups in total. The van der Waals surface area contributed by atoms with Gasteiger partial charge in [-0.3, -0.25) is 9.59 Å². The normalized spacial score (nSPS) is 24.5. The average Bonchev–Trinajstić information content (AvgIpc) is 3.12. The smallest absolute Gasteiger partial charge is 0.274 e. The lowest BCUT2D eigenvalue weighted by atomic mass is 10.1. The topological polar surface area (TPSA) is 64.4 Å². The van der Waals surface area contributed by atoms with Crippen molar-refractivity contribution in [1.82, 2.24) is 14.5 Å². The summed E-state index contributed by atoms with van der Waals surface area (Å²) < 4.78 is 7.08. The van der Waals surface area contributed by atoms with Crippen LogP contribution in [0.3, 0.4) is 0 Å². The summed E-state index contributed by atoms with van der Waals surface area (Å²) in [6.07, 6.45) is 3.50. The van der Waals surface area contributed by atoms with Crippen molar-refractivity contribution in [2.75, 3.05) is 20.2 Å². The van der Waals surface area contributed by atoms with E-state index in [0.717, 1.165) is 10.6 Å². The zero-order valence-corrected chi connectivity index (χ0v) is 15.3. The highest BCUT2D eigenvalue weighted by Crippen LogP contribution is 2.53. The molecule has 1 amide bonds. The van der Waals surface area contributed by atoms with Gasteiger partial charge >= 0.3 is 0 Å². The predicted octanol–water partition coefficient (Wildman–Crippen LogP) is 2.74. The van der Waals surface area contributed by atoms with E-state index < -0.39 is 0 Å². The van der Waals surface area contributed by atoms with Crippen LogP contribution in [0.4, 0.5) is 0 Å². The molecular formula is C18H21N3O3S. The predicted molar refractivity (Wildman–Crippen MR) is 94.2 cm³/mol. The standard InChI is InChI=1S/C18H21N3O3S/c1-10(2)21-7-14(19-9-21)18(23)20-5-12-13(6-20)16(12)17(22)15-4-11(24-3)8-25-15/h4,7-10,12-13,16H,5-6H2,1-3H3/t12-,13+,16?. The van der Waals surface area contributed by atoms with E-state index >= 15 is 0 Å². The van der Waals surface area contributed by atoms with Gasteiger partial charge in [0, 0.05) is 42.7 Å². The molecule has 1 unspecified atom stereocenters. The van der Waals surface area contributed by atoms with E-state index in [9.17, 15) is 9.59 Å². The molecule has 0 aromatic carbocycles. The number of imidazole rings is 1. The van der Waals surface area contributed by atoms with Gasteiger partial charge in [-0.25, -0.2) is 4.98 Å². The molecule has 0 spiro atoms. The third kappa shape index (κ3) is 2.76. The third-order valence-corrected chi connectivity index (χ3v) is 6.18. The molecule has 2 aromatic rings. The molecule has 6 nitrogen and oxygen atoms in total. The molecule has 25 heavy (non-hydrogen) atoms. The average molecular weight is 359 g/mol. The number of Topliss-reactive ketones (excluding diaryl/α,β-unsaturated/α-hetero) is 1. The molecule has 2 fully saturated rings. The summed E-state index contributed by atoms with van der Waals surface area (Å²) in [7, 11) is 1.60. The number of likely N-dealkylation sites (tertiary alicyclic amines) is 1. The highest BCUT2D eigenvalue weighted by Gasteiger charge is 2.60. The minimum Gasteiger partial charge on any atom is -0.496 e. The number of hydrogen-bond acceptors (Lipinski definition) is 5. The van der Waals surface area contributed by atoms with E-state index in [4.69, 9.17) is 4.74 Å². The zero-order valence-electron chi connectivity index (χ0n) is 14.5. The summed E-state index contributed by atoms with van der Waals surface area (Å²) in [5.41, 5.74) is 0.487. The highest BCUT2D eigenvalue weighted by molar-refractivity contribution is 7.12. The number of ether oxygens (including phenoxy) is 1. The first-order valence-electron chi connectivity index (χ1n) is 8.49. The van der Waals surface area contributed by atoms with Gasteiger partial charge in [0.15, 0.2) is 5.78 Å². The first-order valence-corrected chi connectivity index (χ1v) is 9.37. The number of piperidine rings is 1. The summed E-state index contributed by atoms with van der Waals surface area (Å²) in [5.74, 6) is 1.53. The van der Waals surface area contributed by atoms with Crippen molar-refractivity contribution < 1.29 is 14.3 Å². The summed E-state index contributed by atoms with van der Waals surface area (Å²) in [5, 5.41) is 1.85. The lowest BCUT2D eigenvalue weighted by Gasteiger charge is -2.18. The van der Waals surface area contributed by atoms with Crippen molar-refractivity contribution in [3.63, 3.8) is 0 Å². The summed E-state index contributed by atoms with van der Waals surface area (Å²) in [6.45, 7) is 5.40. The Bertz CT molecular complexity index is 813. The van der Waals surface area contributed by atoms with E-state index in [-0.39, 0.29) is 35.5 Å². The zero-order chi connectivity index (χ0) is 17.7. The quantitative estimate of drug-likeness (QED) is 0.770. The fraction of sp³-hybridized carbons (Fsp3) is 0.500. The first kappa shape index (κ1) is 16.3. The number of rotatable bonds is 5. The number of carbonyl (C=O) groups excluding carboxylic acids is 2. The molecule has 3 heterocycles. The molecule has 2 aliphatic rings. The van der Waals surface area contributed by atoms with E-state index in [1.165, 1.54) is 11.3 Å². The fourth-order valence-electron chi connectivity index (χ4n) is 3.69. The molecule has 1 aliphatic carbocycles. The van der Waals surface area contributed by atoms with E-state index in [1.54, 1.807) is 19.6 Å². The SMILES string of the molecule is COc1csc(C(=O)C2[C@H]3CN(C(=O)c4cn(C(C)C)cn4)C[C@@H]23)c1. The number of carbonyl (C=O) groups is 2. The maximum absolute atomic E-state index is 12.6. The minimum absolute atomic E-state index is 0.0319. The Balaban J connectivity index is 1.38. The number of ketones is 1. The maximum atomic E-state index is 12.6. The fourth-order valence-corrected chi connectivity index (χ4v) is 4.54. The van der Waals surface area contributed by atoms with Crippen molar-refractivity contribution in [2.45, 2.75) is 19.9 Å². The van der Waals surface area contributed by atoms with Gasteiger partial charge in [0.25, 0.3) is 5.91 Å². The maximum Gasteiger partial charge on any atom is 0.274 e. The largest absolute Gasteiger partial charge is 0.496 e. The van der Waals surface area contributed by atoms with Crippen LogP contribution >= 0.6 is 11.3 Å². The van der Waals surface area contributed by atoms with Crippen molar-refractivity contribution in [3.8, 4) is 5.75 Å². The summed E-state index contributed by atoms with van der Waals surface area (Å²) in [4.78, 5) is 32.0. The van der Waals surface area contributed by atoms with Gasteiger partial charge in [0.2, 0.25) is 0 Å². The van der Waals surface area contributed by atoms with Gasteiger partial charge in [0.1, 0.15) is 11.4 Å². The molecule has 3 atom stereocenters. The Morgan fingerprint density at radius 2 is 2.04 bits per heavy atom. The third-order valence-electron chi connectivity index (χ3n) is 5.25. The van der Waals surface area contributed by atoms with Crippen LogP contribution in [-0.2, 0) is 0 Å². The Morgan fingerprint density at radius 1 is 1.32 bits per heavy atom. The van der Waals surface area contributed by atoms with Crippen LogP contribution in [0.2, 0.25) is 0 Å². The lowest BCUT2D eigenvalue weighted by molar-refractivity contribution is 0.0747. The van der Waals surface area contributed by atoms with Crippen molar-refractivity contribution in [2.24, 2.45) is 17.8 Å². The monoisotopic (exact) mass is 359 g/mol. The van der Waals surface area contributed by atoms with Gasteiger partial charge in [0.05, 0.1) is 18.3 Å². The first-order chi connectivity index (χ1) is 12.0. The van der Waals surface area contributed by atoms with Crippen molar-refractivity contribution in [1.29, 1.82) is 0 Å². The van der Waals surface area contributed by atoms with Crippen LogP contribution in [0.15, 0.2) is 24.0 Å². The van der Waals surface area contributed by atoms with Crippen LogP contribution < -0.4 is 4.74 Å². The van der Waals surface area contributed by atoms with Crippen LogP contribution in [0, 0.1) is 17.8 Å². The minimum atomic E-state index is -0.0319. The Morgan fingerprint density at radius 3 is 2.60 bits per heavy atom. The number of hydrogen-bond donors (Lipinski definition) is 0. The van der Waals surface area contributed by atoms with Gasteiger partial charge in [-0.1, -0.05) is 0 Å². The lowest BCUT2D eigenvalue weighted by Crippen LogP contribution is -2.32. The van der Waals surface area contributed by atoms with Crippen molar-refractivity contribution in [3.05, 3.63) is 34.5 Å². The number of methoxy groups -OCH3 is 1. The van der Waals surface area contributed by atoms with E-state index in [1.807, 2.05) is 20.9 Å². The van der Waals surface area contributed by atoms with Gasteiger partial charge in [-0.2, -0.15) is 0 Å². The second-order valence-electron chi connectivity index (χ2n) is 7.08. The molecule has 132 valence electrons. The van der Waals surface area contributed by atoms with E-state index in [2.05, 4.69) is 18.8 Å². The summed E-state index contributed by atoms with van der Waals surface area (Å²) >= 11 is 1.43. The Labute approximate surface area is 150 Å². The Kier molecular flexibility index (Phi) is 3.91. The van der Waals surface area contributed by atoms with Crippen LogP contribution in [-0.4, -0.2) is 46.3 Å². The van der Waals surface area contributed by atoms with Gasteiger partial charge in [-0.05, 0) is 25.7 Å². The molecule has 1 aliphatic heterocycles. The number of thiophene rings is 1. The van der Waals surface area contributed by atoms with Crippen molar-refractivity contribution >= 4 is 23.0 Å². The van der Waals surface area contributed by atoms with E-state index in [0.29, 0.717) is 18.8 Å². The Hall–Kier alpha value is -2.15. The molecule has 1 saturated heterocycles. The second-order valence-corrected chi connectivity index (χ2v) is 7.99. The number of amides is 1. The molecule has 2 aromatic heterocycles. The molecule has 4 rings (SSSR count). The summed E-state index contributed by atoms with van der Waals surface area (Å²) in [6, 6.07) is 2.09. The molecule has 7 heteroatoms. The number of nitrogens with zero attached hydrogens (tertiary/aromatic N) is 3. The van der Waals surface area contributed by atoms with Gasteiger partial charge in [-0.15, -0.1) is 11.3 Å². The highest BCUT2D eigenvalue weighted by atomic mass is 32.1. The van der Waals surface area contributed by atoms with Crippen LogP contribution in [0.25, 0.3) is 0 Å². The molecule has 1 saturated carbocycles. The van der Waals surface area contributed by atoms with Crippen LogP contribution in [0.1, 0.15) is 40.0 Å². The molecular weight excluding hydrogens is 338 g/mol.